The second-order valence-electron chi connectivity index (χ2n) is 11.9. The smallest absolute Gasteiger partial charge is 0.126 e. The van der Waals surface area contributed by atoms with Crippen molar-refractivity contribution in [3.8, 4) is 11.3 Å². The summed E-state index contributed by atoms with van der Waals surface area (Å²) in [6.07, 6.45) is 0. The van der Waals surface area contributed by atoms with Crippen molar-refractivity contribution in [1.82, 2.24) is 4.98 Å². The molecule has 0 spiro atoms. The Morgan fingerprint density at radius 1 is 0.611 bits per heavy atom. The van der Waals surface area contributed by atoms with Gasteiger partial charge in [-0.2, -0.15) is 0 Å². The molecular formula is C34H36N2. The summed E-state index contributed by atoms with van der Waals surface area (Å²) < 4.78 is 0. The highest BCUT2D eigenvalue weighted by atomic mass is 15.0. The molecule has 36 heavy (non-hydrogen) atoms. The maximum absolute atomic E-state index is 5.13. The van der Waals surface area contributed by atoms with Gasteiger partial charge >= 0.3 is 0 Å². The topological polar surface area (TPSA) is 24.9 Å². The third kappa shape index (κ3) is 4.86. The van der Waals surface area contributed by atoms with Crippen LogP contribution in [0.3, 0.4) is 0 Å². The summed E-state index contributed by atoms with van der Waals surface area (Å²) in [5, 5.41) is 8.54. The number of aromatic nitrogens is 1. The van der Waals surface area contributed by atoms with Crippen molar-refractivity contribution in [3.63, 3.8) is 0 Å². The summed E-state index contributed by atoms with van der Waals surface area (Å²) in [7, 11) is 0. The van der Waals surface area contributed by atoms with E-state index >= 15 is 0 Å². The third-order valence-corrected chi connectivity index (χ3v) is 7.01. The summed E-state index contributed by atoms with van der Waals surface area (Å²) in [5.74, 6) is 0.889. The summed E-state index contributed by atoms with van der Waals surface area (Å²) in [6, 6.07) is 32.9. The fourth-order valence-corrected chi connectivity index (χ4v) is 4.78. The van der Waals surface area contributed by atoms with Gasteiger partial charge in [0.1, 0.15) is 5.82 Å². The molecule has 1 heterocycles. The minimum Gasteiger partial charge on any atom is -0.366 e. The number of pyridine rings is 1. The monoisotopic (exact) mass is 472 g/mol. The fourth-order valence-electron chi connectivity index (χ4n) is 4.78. The highest BCUT2D eigenvalue weighted by Crippen LogP contribution is 2.39. The predicted molar refractivity (Wildman–Crippen MR) is 156 cm³/mol. The lowest BCUT2D eigenvalue weighted by Gasteiger charge is -2.23. The second-order valence-corrected chi connectivity index (χ2v) is 11.9. The first-order chi connectivity index (χ1) is 17.1. The lowest BCUT2D eigenvalue weighted by Crippen LogP contribution is -2.11. The zero-order valence-corrected chi connectivity index (χ0v) is 22.3. The van der Waals surface area contributed by atoms with Crippen molar-refractivity contribution in [2.75, 3.05) is 5.32 Å². The van der Waals surface area contributed by atoms with Crippen LogP contribution in [0.1, 0.15) is 58.2 Å². The molecule has 0 aliphatic rings. The Hall–Kier alpha value is -3.65. The zero-order valence-electron chi connectivity index (χ0n) is 22.3. The molecule has 0 radical (unpaired) electrons. The van der Waals surface area contributed by atoms with Crippen LogP contribution >= 0.6 is 0 Å². The molecule has 1 N–H and O–H groups in total. The van der Waals surface area contributed by atoms with Crippen LogP contribution in [-0.4, -0.2) is 4.98 Å². The first-order valence-electron chi connectivity index (χ1n) is 12.9. The zero-order chi connectivity index (χ0) is 25.5. The molecule has 0 unspecified atom stereocenters. The molecule has 0 fully saturated rings. The van der Waals surface area contributed by atoms with Crippen molar-refractivity contribution in [3.05, 3.63) is 108 Å². The van der Waals surface area contributed by atoms with Crippen LogP contribution in [0, 0.1) is 0 Å². The molecule has 0 aliphatic heterocycles. The molecule has 1 aromatic heterocycles. The van der Waals surface area contributed by atoms with Crippen LogP contribution < -0.4 is 5.32 Å². The van der Waals surface area contributed by atoms with Crippen LogP contribution in [0.4, 0.5) is 5.82 Å². The highest BCUT2D eigenvalue weighted by molar-refractivity contribution is 6.12. The summed E-state index contributed by atoms with van der Waals surface area (Å²) in [6.45, 7) is 14.4. The molecule has 182 valence electrons. The first-order valence-corrected chi connectivity index (χ1v) is 12.9. The molecule has 0 aliphatic carbocycles. The van der Waals surface area contributed by atoms with Crippen molar-refractivity contribution in [2.45, 2.75) is 58.9 Å². The summed E-state index contributed by atoms with van der Waals surface area (Å²) in [4.78, 5) is 5.13. The average molecular weight is 473 g/mol. The Labute approximate surface area is 215 Å². The van der Waals surface area contributed by atoms with E-state index in [1.165, 1.54) is 43.8 Å². The van der Waals surface area contributed by atoms with Gasteiger partial charge in [-0.3, -0.25) is 0 Å². The van der Waals surface area contributed by atoms with Crippen molar-refractivity contribution in [2.24, 2.45) is 0 Å². The molecule has 0 saturated carbocycles. The van der Waals surface area contributed by atoms with Gasteiger partial charge in [0.15, 0.2) is 0 Å². The second kappa shape index (κ2) is 9.09. The molecule has 2 heteroatoms. The van der Waals surface area contributed by atoms with Crippen LogP contribution in [0.15, 0.2) is 91.0 Å². The number of nitrogens with one attached hydrogen (secondary N) is 1. The molecule has 0 saturated heterocycles. The third-order valence-electron chi connectivity index (χ3n) is 7.01. The number of benzene rings is 4. The summed E-state index contributed by atoms with van der Waals surface area (Å²) in [5.41, 5.74) is 6.26. The Morgan fingerprint density at radius 2 is 1.19 bits per heavy atom. The average Bonchev–Trinajstić information content (AvgIpc) is 2.85. The largest absolute Gasteiger partial charge is 0.366 e. The molecule has 5 aromatic rings. The van der Waals surface area contributed by atoms with E-state index in [1.54, 1.807) is 0 Å². The van der Waals surface area contributed by atoms with E-state index in [0.717, 1.165) is 18.1 Å². The van der Waals surface area contributed by atoms with E-state index in [2.05, 4.69) is 132 Å². The van der Waals surface area contributed by atoms with E-state index < -0.39 is 0 Å². The van der Waals surface area contributed by atoms with Crippen molar-refractivity contribution >= 4 is 27.4 Å². The van der Waals surface area contributed by atoms with Crippen LogP contribution in [-0.2, 0) is 17.4 Å². The van der Waals surface area contributed by atoms with Gasteiger partial charge in [0, 0.05) is 12.1 Å². The SMILES string of the molecule is CC(C)(C)c1ccc2cc3ccc(C(C)(C)C)cc3c(-c3cccc(NCc4ccccc4)n3)c2c1. The van der Waals surface area contributed by atoms with Gasteiger partial charge in [-0.05, 0) is 79.4 Å². The van der Waals surface area contributed by atoms with Crippen molar-refractivity contribution in [1.29, 1.82) is 0 Å². The molecule has 4 aromatic carbocycles. The van der Waals surface area contributed by atoms with Crippen molar-refractivity contribution < 1.29 is 0 Å². The van der Waals surface area contributed by atoms with Crippen LogP contribution in [0.25, 0.3) is 32.8 Å². The maximum atomic E-state index is 5.13. The molecule has 0 atom stereocenters. The number of fused-ring (bicyclic) bond motifs is 2. The summed E-state index contributed by atoms with van der Waals surface area (Å²) >= 11 is 0. The van der Waals surface area contributed by atoms with Gasteiger partial charge in [-0.25, -0.2) is 4.98 Å². The maximum Gasteiger partial charge on any atom is 0.126 e. The predicted octanol–water partition coefficient (Wildman–Crippen LogP) is 9.26. The quantitative estimate of drug-likeness (QED) is 0.264. The van der Waals surface area contributed by atoms with E-state index in [0.29, 0.717) is 0 Å². The van der Waals surface area contributed by atoms with Crippen LogP contribution in [0.2, 0.25) is 0 Å². The van der Waals surface area contributed by atoms with Gasteiger partial charge in [-0.1, -0.05) is 102 Å². The van der Waals surface area contributed by atoms with Gasteiger partial charge < -0.3 is 5.32 Å². The first kappa shape index (κ1) is 24.1. The fraction of sp³-hybridized carbons (Fsp3) is 0.265. The Morgan fingerprint density at radius 3 is 1.75 bits per heavy atom. The van der Waals surface area contributed by atoms with Gasteiger partial charge in [0.2, 0.25) is 0 Å². The highest BCUT2D eigenvalue weighted by Gasteiger charge is 2.20. The Kier molecular flexibility index (Phi) is 6.08. The molecule has 5 rings (SSSR count). The number of nitrogens with zero attached hydrogens (tertiary/aromatic N) is 1. The molecular weight excluding hydrogens is 436 g/mol. The molecule has 0 bridgehead atoms. The minimum atomic E-state index is 0.0696. The molecule has 2 nitrogen and oxygen atoms in total. The number of rotatable bonds is 4. The standard InChI is InChI=1S/C34H36N2/c1-33(2,3)26-17-15-24-19-25-16-18-27(34(4,5)6)21-29(25)32(28(24)20-26)30-13-10-14-31(36-30)35-22-23-11-8-7-9-12-23/h7-21H,22H2,1-6H3,(H,35,36). The Bertz CT molecular complexity index is 1460. The molecule has 0 amide bonds. The van der Waals surface area contributed by atoms with Gasteiger partial charge in [-0.15, -0.1) is 0 Å². The van der Waals surface area contributed by atoms with E-state index in [9.17, 15) is 0 Å². The number of anilines is 1. The van der Waals surface area contributed by atoms with Gasteiger partial charge in [0.25, 0.3) is 0 Å². The van der Waals surface area contributed by atoms with E-state index in [4.69, 9.17) is 4.98 Å². The number of hydrogen-bond donors (Lipinski definition) is 1. The van der Waals surface area contributed by atoms with E-state index in [1.807, 2.05) is 6.07 Å². The van der Waals surface area contributed by atoms with Crippen LogP contribution in [0.5, 0.6) is 0 Å². The van der Waals surface area contributed by atoms with Gasteiger partial charge in [0.05, 0.1) is 5.69 Å². The Balaban J connectivity index is 1.72. The normalized spacial score (nSPS) is 12.3. The van der Waals surface area contributed by atoms with E-state index in [-0.39, 0.29) is 10.8 Å². The lowest BCUT2D eigenvalue weighted by molar-refractivity contribution is 0.591. The lowest BCUT2D eigenvalue weighted by atomic mass is 9.82. The number of hydrogen-bond acceptors (Lipinski definition) is 2. The minimum absolute atomic E-state index is 0.0696.